The van der Waals surface area contributed by atoms with Gasteiger partial charge < -0.3 is 0 Å². The van der Waals surface area contributed by atoms with E-state index in [0.29, 0.717) is 11.6 Å². The van der Waals surface area contributed by atoms with E-state index in [0.717, 1.165) is 16.8 Å². The molecule has 18 heavy (non-hydrogen) atoms. The molecule has 1 heterocycles. The normalized spacial score (nSPS) is 9.61. The molecule has 0 aliphatic carbocycles. The summed E-state index contributed by atoms with van der Waals surface area (Å²) in [6.07, 6.45) is 0.635. The minimum Gasteiger partial charge on any atom is -0.207 e. The molecule has 4 heteroatoms. The molecule has 0 radical (unpaired) electrons. The van der Waals surface area contributed by atoms with Crippen molar-refractivity contribution in [1.82, 2.24) is 10.2 Å². The van der Waals surface area contributed by atoms with Crippen LogP contribution in [0.3, 0.4) is 0 Å². The summed E-state index contributed by atoms with van der Waals surface area (Å²) in [5.74, 6) is -0.234. The Kier molecular flexibility index (Phi) is 5.72. The van der Waals surface area contributed by atoms with Gasteiger partial charge in [-0.25, -0.2) is 4.39 Å². The highest BCUT2D eigenvalue weighted by Gasteiger charge is 2.04. The summed E-state index contributed by atoms with van der Waals surface area (Å²) in [7, 11) is 0. The van der Waals surface area contributed by atoms with Crippen molar-refractivity contribution < 1.29 is 4.39 Å². The molecule has 96 valence electrons. The molecule has 0 spiro atoms. The lowest BCUT2D eigenvalue weighted by molar-refractivity contribution is 0.627. The van der Waals surface area contributed by atoms with E-state index < -0.39 is 0 Å². The second-order valence-electron chi connectivity index (χ2n) is 3.60. The first-order valence-corrected chi connectivity index (χ1v) is 6.26. The SMILES string of the molecule is CC.Cc1cc(Cl)nnc1Cc1ccc(F)cc1. The van der Waals surface area contributed by atoms with Gasteiger partial charge >= 0.3 is 0 Å². The molecule has 0 amide bonds. The van der Waals surface area contributed by atoms with E-state index >= 15 is 0 Å². The van der Waals surface area contributed by atoms with Crippen molar-refractivity contribution in [2.45, 2.75) is 27.2 Å². The van der Waals surface area contributed by atoms with Gasteiger partial charge in [-0.3, -0.25) is 0 Å². The van der Waals surface area contributed by atoms with Crippen LogP contribution in [0.2, 0.25) is 5.15 Å². The lowest BCUT2D eigenvalue weighted by Gasteiger charge is -2.04. The fraction of sp³-hybridized carbons (Fsp3) is 0.286. The van der Waals surface area contributed by atoms with Gasteiger partial charge in [0.15, 0.2) is 5.15 Å². The Bertz CT molecular complexity index is 498. The molecular weight excluding hydrogens is 251 g/mol. The molecule has 2 nitrogen and oxygen atoms in total. The topological polar surface area (TPSA) is 25.8 Å². The molecule has 0 aliphatic rings. The van der Waals surface area contributed by atoms with Gasteiger partial charge in [0.05, 0.1) is 5.69 Å². The standard InChI is InChI=1S/C12H10ClFN2.C2H6/c1-8-6-12(13)16-15-11(8)7-9-2-4-10(14)5-3-9;1-2/h2-6H,7H2,1H3;1-2H3. The third kappa shape index (κ3) is 4.08. The van der Waals surface area contributed by atoms with Crippen LogP contribution < -0.4 is 0 Å². The lowest BCUT2D eigenvalue weighted by Crippen LogP contribution is -1.98. The maximum atomic E-state index is 12.7. The Hall–Kier alpha value is -1.48. The third-order valence-electron chi connectivity index (χ3n) is 2.34. The van der Waals surface area contributed by atoms with E-state index in [1.54, 1.807) is 18.2 Å². The number of benzene rings is 1. The Morgan fingerprint density at radius 2 is 1.72 bits per heavy atom. The van der Waals surface area contributed by atoms with Gasteiger partial charge in [0, 0.05) is 6.42 Å². The smallest absolute Gasteiger partial charge is 0.151 e. The van der Waals surface area contributed by atoms with Gasteiger partial charge in [-0.2, -0.15) is 5.10 Å². The maximum Gasteiger partial charge on any atom is 0.151 e. The molecule has 0 saturated carbocycles. The summed E-state index contributed by atoms with van der Waals surface area (Å²) in [4.78, 5) is 0. The summed E-state index contributed by atoms with van der Waals surface area (Å²) in [6, 6.07) is 8.13. The van der Waals surface area contributed by atoms with E-state index in [9.17, 15) is 4.39 Å². The average molecular weight is 267 g/mol. The van der Waals surface area contributed by atoms with Crippen LogP contribution in [-0.4, -0.2) is 10.2 Å². The van der Waals surface area contributed by atoms with Gasteiger partial charge in [0.25, 0.3) is 0 Å². The molecule has 0 fully saturated rings. The van der Waals surface area contributed by atoms with Crippen LogP contribution in [0.5, 0.6) is 0 Å². The molecule has 1 aromatic heterocycles. The van der Waals surface area contributed by atoms with Crippen molar-refractivity contribution in [2.24, 2.45) is 0 Å². The van der Waals surface area contributed by atoms with Crippen molar-refractivity contribution in [2.75, 3.05) is 0 Å². The Morgan fingerprint density at radius 1 is 1.11 bits per heavy atom. The van der Waals surface area contributed by atoms with Crippen molar-refractivity contribution >= 4 is 11.6 Å². The van der Waals surface area contributed by atoms with Gasteiger partial charge in [0.1, 0.15) is 5.82 Å². The Labute approximate surface area is 112 Å². The van der Waals surface area contributed by atoms with Gasteiger partial charge in [0.2, 0.25) is 0 Å². The van der Waals surface area contributed by atoms with Crippen molar-refractivity contribution in [3.8, 4) is 0 Å². The first-order valence-electron chi connectivity index (χ1n) is 5.88. The largest absolute Gasteiger partial charge is 0.207 e. The van der Waals surface area contributed by atoms with Gasteiger partial charge in [-0.1, -0.05) is 37.6 Å². The van der Waals surface area contributed by atoms with Crippen LogP contribution in [0.1, 0.15) is 30.7 Å². The number of halogens is 2. The molecule has 0 atom stereocenters. The molecule has 0 bridgehead atoms. The number of hydrogen-bond donors (Lipinski definition) is 0. The fourth-order valence-electron chi connectivity index (χ4n) is 1.45. The minimum atomic E-state index is -0.234. The monoisotopic (exact) mass is 266 g/mol. The maximum absolute atomic E-state index is 12.7. The number of rotatable bonds is 2. The predicted molar refractivity (Wildman–Crippen MR) is 72.3 cm³/mol. The molecule has 2 aromatic rings. The number of nitrogens with zero attached hydrogens (tertiary/aromatic N) is 2. The highest BCUT2D eigenvalue weighted by Crippen LogP contribution is 2.14. The Morgan fingerprint density at radius 3 is 2.28 bits per heavy atom. The van der Waals surface area contributed by atoms with Crippen molar-refractivity contribution in [3.63, 3.8) is 0 Å². The highest BCUT2D eigenvalue weighted by molar-refractivity contribution is 6.29. The van der Waals surface area contributed by atoms with Crippen LogP contribution >= 0.6 is 11.6 Å². The first-order chi connectivity index (χ1) is 8.65. The van der Waals surface area contributed by atoms with E-state index in [1.807, 2.05) is 20.8 Å². The fourth-order valence-corrected chi connectivity index (χ4v) is 1.65. The van der Waals surface area contributed by atoms with Crippen LogP contribution in [0.4, 0.5) is 4.39 Å². The summed E-state index contributed by atoms with van der Waals surface area (Å²) < 4.78 is 12.7. The number of hydrogen-bond acceptors (Lipinski definition) is 2. The molecule has 2 rings (SSSR count). The van der Waals surface area contributed by atoms with E-state index in [2.05, 4.69) is 10.2 Å². The van der Waals surface area contributed by atoms with Crippen LogP contribution in [0.15, 0.2) is 30.3 Å². The van der Waals surface area contributed by atoms with Crippen LogP contribution in [0.25, 0.3) is 0 Å². The van der Waals surface area contributed by atoms with Crippen molar-refractivity contribution in [1.29, 1.82) is 0 Å². The highest BCUT2D eigenvalue weighted by atomic mass is 35.5. The third-order valence-corrected chi connectivity index (χ3v) is 2.53. The molecule has 0 aliphatic heterocycles. The zero-order chi connectivity index (χ0) is 13.5. The number of aromatic nitrogens is 2. The van der Waals surface area contributed by atoms with E-state index in [-0.39, 0.29) is 5.82 Å². The summed E-state index contributed by atoms with van der Waals surface area (Å²) >= 11 is 5.72. The lowest BCUT2D eigenvalue weighted by atomic mass is 10.1. The van der Waals surface area contributed by atoms with Crippen molar-refractivity contribution in [3.05, 3.63) is 58.1 Å². The molecular formula is C14H16ClFN2. The van der Waals surface area contributed by atoms with Crippen LogP contribution in [-0.2, 0) is 6.42 Å². The number of aryl methyl sites for hydroxylation is 1. The minimum absolute atomic E-state index is 0.234. The van der Waals surface area contributed by atoms with E-state index in [4.69, 9.17) is 11.6 Å². The molecule has 0 saturated heterocycles. The molecule has 1 aromatic carbocycles. The predicted octanol–water partition coefficient (Wildman–Crippen LogP) is 4.19. The molecule has 0 unspecified atom stereocenters. The van der Waals surface area contributed by atoms with Gasteiger partial charge in [-0.05, 0) is 36.2 Å². The first kappa shape index (κ1) is 14.6. The Balaban J connectivity index is 0.000000771. The second kappa shape index (κ2) is 7.07. The second-order valence-corrected chi connectivity index (χ2v) is 3.99. The summed E-state index contributed by atoms with van der Waals surface area (Å²) in [6.45, 7) is 5.93. The summed E-state index contributed by atoms with van der Waals surface area (Å²) in [5, 5.41) is 8.20. The zero-order valence-corrected chi connectivity index (χ0v) is 11.5. The van der Waals surface area contributed by atoms with Crippen LogP contribution in [0, 0.1) is 12.7 Å². The van der Waals surface area contributed by atoms with E-state index in [1.165, 1.54) is 12.1 Å². The average Bonchev–Trinajstić information content (AvgIpc) is 2.38. The zero-order valence-electron chi connectivity index (χ0n) is 10.7. The molecule has 0 N–H and O–H groups in total. The quantitative estimate of drug-likeness (QED) is 0.814. The van der Waals surface area contributed by atoms with Gasteiger partial charge in [-0.15, -0.1) is 5.10 Å². The summed E-state index contributed by atoms with van der Waals surface area (Å²) in [5.41, 5.74) is 2.85.